The Morgan fingerprint density at radius 2 is 2.18 bits per heavy atom. The van der Waals surface area contributed by atoms with Gasteiger partial charge in [0.25, 0.3) is 0 Å². The van der Waals surface area contributed by atoms with Crippen molar-refractivity contribution in [2.45, 2.75) is 26.1 Å². The first kappa shape index (κ1) is 23.1. The predicted octanol–water partition coefficient (Wildman–Crippen LogP) is 3.17. The number of halogens is 3. The molecule has 2 aromatic rings. The molecule has 7 nitrogen and oxygen atoms in total. The minimum atomic E-state index is -4.60. The van der Waals surface area contributed by atoms with Crippen LogP contribution in [0.2, 0.25) is 0 Å². The van der Waals surface area contributed by atoms with Gasteiger partial charge in [-0.15, -0.1) is 0 Å². The molecule has 176 valence electrons. The van der Waals surface area contributed by atoms with Crippen LogP contribution >= 0.6 is 0 Å². The smallest absolute Gasteiger partial charge is 0.381 e. The highest BCUT2D eigenvalue weighted by molar-refractivity contribution is 5.76. The van der Waals surface area contributed by atoms with Crippen molar-refractivity contribution >= 4 is 11.6 Å². The SMILES string of the molecule is CCOC[C@@]12CCN(c3ccc(C#N)c(C(F)(F)F)c3)C[C@@H]1CN(C(=O)Cn1cccn1)C2. The first-order valence-corrected chi connectivity index (χ1v) is 10.9. The molecular weight excluding hydrogens is 435 g/mol. The summed E-state index contributed by atoms with van der Waals surface area (Å²) in [5.41, 5.74) is -1.10. The molecule has 1 aromatic heterocycles. The molecule has 1 amide bonds. The Morgan fingerprint density at radius 1 is 1.36 bits per heavy atom. The van der Waals surface area contributed by atoms with Crippen molar-refractivity contribution < 1.29 is 22.7 Å². The van der Waals surface area contributed by atoms with Crippen molar-refractivity contribution in [3.05, 3.63) is 47.8 Å². The van der Waals surface area contributed by atoms with E-state index in [0.29, 0.717) is 51.5 Å². The van der Waals surface area contributed by atoms with Crippen LogP contribution in [0, 0.1) is 22.7 Å². The number of hydrogen-bond acceptors (Lipinski definition) is 5. The minimum Gasteiger partial charge on any atom is -0.381 e. The van der Waals surface area contributed by atoms with Crippen molar-refractivity contribution in [3.8, 4) is 6.07 Å². The molecule has 3 heterocycles. The largest absolute Gasteiger partial charge is 0.417 e. The van der Waals surface area contributed by atoms with Gasteiger partial charge in [-0.05, 0) is 37.6 Å². The third-order valence-corrected chi connectivity index (χ3v) is 6.73. The molecule has 0 bridgehead atoms. The van der Waals surface area contributed by atoms with Crippen LogP contribution in [0.5, 0.6) is 0 Å². The number of rotatable bonds is 6. The maximum Gasteiger partial charge on any atom is 0.417 e. The van der Waals surface area contributed by atoms with Crippen LogP contribution < -0.4 is 4.90 Å². The van der Waals surface area contributed by atoms with Crippen LogP contribution in [0.15, 0.2) is 36.7 Å². The van der Waals surface area contributed by atoms with E-state index in [1.807, 2.05) is 16.7 Å². The van der Waals surface area contributed by atoms with Gasteiger partial charge in [-0.25, -0.2) is 0 Å². The van der Waals surface area contributed by atoms with Crippen LogP contribution in [0.4, 0.5) is 18.9 Å². The lowest BCUT2D eigenvalue weighted by atomic mass is 9.73. The van der Waals surface area contributed by atoms with Gasteiger partial charge in [-0.2, -0.15) is 23.5 Å². The normalized spacial score (nSPS) is 22.8. The molecule has 10 heteroatoms. The van der Waals surface area contributed by atoms with E-state index < -0.39 is 11.7 Å². The number of ether oxygens (including phenoxy) is 1. The number of carbonyl (C=O) groups excluding carboxylic acids is 1. The van der Waals surface area contributed by atoms with E-state index >= 15 is 0 Å². The second kappa shape index (κ2) is 9.06. The number of piperidine rings is 1. The van der Waals surface area contributed by atoms with Gasteiger partial charge in [-0.1, -0.05) is 0 Å². The van der Waals surface area contributed by atoms with E-state index in [0.717, 1.165) is 6.07 Å². The Hall–Kier alpha value is -3.06. The van der Waals surface area contributed by atoms with Crippen LogP contribution in [-0.4, -0.2) is 60.0 Å². The number of benzene rings is 1. The lowest BCUT2D eigenvalue weighted by Gasteiger charge is -2.44. The van der Waals surface area contributed by atoms with E-state index in [2.05, 4.69) is 5.10 Å². The van der Waals surface area contributed by atoms with E-state index in [1.165, 1.54) is 6.07 Å². The topological polar surface area (TPSA) is 74.4 Å². The first-order valence-electron chi connectivity index (χ1n) is 10.9. The predicted molar refractivity (Wildman–Crippen MR) is 114 cm³/mol. The molecule has 0 saturated carbocycles. The summed E-state index contributed by atoms with van der Waals surface area (Å²) in [4.78, 5) is 16.7. The third kappa shape index (κ3) is 4.69. The lowest BCUT2D eigenvalue weighted by Crippen LogP contribution is -2.49. The number of hydrogen-bond donors (Lipinski definition) is 0. The summed E-state index contributed by atoms with van der Waals surface area (Å²) < 4.78 is 47.7. The standard InChI is InChI=1S/C23H26F3N5O2/c1-2-33-16-22-6-9-29(19-5-4-17(11-27)20(10-19)23(24,25)26)12-18(22)13-30(15-22)21(32)14-31-8-3-7-28-31/h3-5,7-8,10,18H,2,6,9,12-16H2,1H3/t18-,22+/m1/s1. The number of fused-ring (bicyclic) bond motifs is 1. The minimum absolute atomic E-state index is 0.0340. The van der Waals surface area contributed by atoms with Gasteiger partial charge in [0.2, 0.25) is 5.91 Å². The molecule has 2 saturated heterocycles. The Morgan fingerprint density at radius 3 is 2.85 bits per heavy atom. The van der Waals surface area contributed by atoms with E-state index in [4.69, 9.17) is 10.00 Å². The fourth-order valence-corrected chi connectivity index (χ4v) is 4.94. The highest BCUT2D eigenvalue weighted by Gasteiger charge is 2.51. The molecule has 2 atom stereocenters. The molecule has 2 aliphatic heterocycles. The summed E-state index contributed by atoms with van der Waals surface area (Å²) in [6.07, 6.45) is -0.538. The number of aromatic nitrogens is 2. The number of nitriles is 1. The Bertz CT molecular complexity index is 1030. The monoisotopic (exact) mass is 461 g/mol. The summed E-state index contributed by atoms with van der Waals surface area (Å²) >= 11 is 0. The van der Waals surface area contributed by atoms with Gasteiger partial charge < -0.3 is 14.5 Å². The molecule has 0 aliphatic carbocycles. The molecule has 0 N–H and O–H groups in total. The Balaban J connectivity index is 1.55. The molecule has 1 aromatic carbocycles. The highest BCUT2D eigenvalue weighted by Crippen LogP contribution is 2.45. The molecule has 0 unspecified atom stereocenters. The summed E-state index contributed by atoms with van der Waals surface area (Å²) in [7, 11) is 0. The molecule has 2 fully saturated rings. The number of alkyl halides is 3. The maximum absolute atomic E-state index is 13.5. The van der Waals surface area contributed by atoms with Crippen molar-refractivity contribution in [3.63, 3.8) is 0 Å². The molecule has 0 radical (unpaired) electrons. The van der Waals surface area contributed by atoms with E-state index in [-0.39, 0.29) is 29.3 Å². The summed E-state index contributed by atoms with van der Waals surface area (Å²) in [5.74, 6) is 0.0256. The van der Waals surface area contributed by atoms with Gasteiger partial charge in [0, 0.05) is 62.2 Å². The molecule has 2 aliphatic rings. The number of anilines is 1. The van der Waals surface area contributed by atoms with Gasteiger partial charge in [0.15, 0.2) is 0 Å². The van der Waals surface area contributed by atoms with Crippen LogP contribution in [-0.2, 0) is 22.3 Å². The average Bonchev–Trinajstić information content (AvgIpc) is 3.44. The van der Waals surface area contributed by atoms with E-state index in [9.17, 15) is 18.0 Å². The molecular formula is C23H26F3N5O2. The maximum atomic E-state index is 13.5. The molecule has 0 spiro atoms. The van der Waals surface area contributed by atoms with Crippen LogP contribution in [0.25, 0.3) is 0 Å². The van der Waals surface area contributed by atoms with Crippen molar-refractivity contribution in [2.75, 3.05) is 44.3 Å². The third-order valence-electron chi connectivity index (χ3n) is 6.73. The Kier molecular flexibility index (Phi) is 6.34. The van der Waals surface area contributed by atoms with Crippen molar-refractivity contribution in [1.29, 1.82) is 5.26 Å². The average molecular weight is 461 g/mol. The second-order valence-corrected chi connectivity index (χ2v) is 8.71. The highest BCUT2D eigenvalue weighted by atomic mass is 19.4. The van der Waals surface area contributed by atoms with Crippen molar-refractivity contribution in [2.24, 2.45) is 11.3 Å². The van der Waals surface area contributed by atoms with Gasteiger partial charge in [-0.3, -0.25) is 9.48 Å². The van der Waals surface area contributed by atoms with Gasteiger partial charge in [0.1, 0.15) is 6.54 Å². The summed E-state index contributed by atoms with van der Waals surface area (Å²) in [6.45, 7) is 5.29. The summed E-state index contributed by atoms with van der Waals surface area (Å²) in [6, 6.07) is 7.25. The lowest BCUT2D eigenvalue weighted by molar-refractivity contribution is -0.137. The quantitative estimate of drug-likeness (QED) is 0.661. The van der Waals surface area contributed by atoms with Crippen molar-refractivity contribution in [1.82, 2.24) is 14.7 Å². The summed E-state index contributed by atoms with van der Waals surface area (Å²) in [5, 5.41) is 13.2. The van der Waals surface area contributed by atoms with Crippen LogP contribution in [0.1, 0.15) is 24.5 Å². The fraction of sp³-hybridized carbons (Fsp3) is 0.522. The fourth-order valence-electron chi connectivity index (χ4n) is 4.94. The van der Waals surface area contributed by atoms with Gasteiger partial charge in [0.05, 0.1) is 23.8 Å². The zero-order chi connectivity index (χ0) is 23.6. The first-order chi connectivity index (χ1) is 15.8. The van der Waals surface area contributed by atoms with E-state index in [1.54, 1.807) is 35.3 Å². The number of carbonyl (C=O) groups is 1. The second-order valence-electron chi connectivity index (χ2n) is 8.71. The zero-order valence-corrected chi connectivity index (χ0v) is 18.4. The number of likely N-dealkylation sites (tertiary alicyclic amines) is 1. The number of nitrogens with zero attached hydrogens (tertiary/aromatic N) is 5. The Labute approximate surface area is 190 Å². The van der Waals surface area contributed by atoms with Gasteiger partial charge >= 0.3 is 6.18 Å². The molecule has 4 rings (SSSR count). The zero-order valence-electron chi connectivity index (χ0n) is 18.4. The number of amides is 1. The van der Waals surface area contributed by atoms with Crippen LogP contribution in [0.3, 0.4) is 0 Å². The molecule has 33 heavy (non-hydrogen) atoms.